The third-order valence-corrected chi connectivity index (χ3v) is 4.46. The summed E-state index contributed by atoms with van der Waals surface area (Å²) in [7, 11) is 1.76. The van der Waals surface area contributed by atoms with Crippen molar-refractivity contribution in [2.75, 3.05) is 13.7 Å². The third-order valence-electron chi connectivity index (χ3n) is 3.74. The van der Waals surface area contributed by atoms with Crippen molar-refractivity contribution in [1.82, 2.24) is 5.32 Å². The molecule has 0 bridgehead atoms. The first-order chi connectivity index (χ1) is 9.17. The maximum atomic E-state index is 5.65. The van der Waals surface area contributed by atoms with Gasteiger partial charge in [0.1, 0.15) is 0 Å². The van der Waals surface area contributed by atoms with E-state index in [2.05, 4.69) is 46.4 Å². The molecule has 0 amide bonds. The summed E-state index contributed by atoms with van der Waals surface area (Å²) in [6.07, 6.45) is 1.41. The van der Waals surface area contributed by atoms with Crippen LogP contribution < -0.4 is 5.32 Å². The van der Waals surface area contributed by atoms with Crippen molar-refractivity contribution in [3.8, 4) is 0 Å². The van der Waals surface area contributed by atoms with Gasteiger partial charge in [-0.05, 0) is 31.9 Å². The average Bonchev–Trinajstić information content (AvgIpc) is 2.38. The smallest absolute Gasteiger partial charge is 0.0987 e. The van der Waals surface area contributed by atoms with Gasteiger partial charge in [0, 0.05) is 30.3 Å². The molecule has 1 N–H and O–H groups in total. The SMILES string of the molecule is CCOC1CC(N[C@H](C)c2ccccc2Br)C1OC. The predicted molar refractivity (Wildman–Crippen MR) is 80.3 cm³/mol. The molecule has 0 radical (unpaired) electrons. The molecule has 1 aliphatic rings. The molecule has 0 aromatic heterocycles. The lowest BCUT2D eigenvalue weighted by Gasteiger charge is -2.44. The third kappa shape index (κ3) is 3.37. The van der Waals surface area contributed by atoms with E-state index in [1.807, 2.05) is 13.0 Å². The van der Waals surface area contributed by atoms with Crippen LogP contribution in [0.2, 0.25) is 0 Å². The molecule has 0 saturated heterocycles. The van der Waals surface area contributed by atoms with Gasteiger partial charge in [-0.3, -0.25) is 0 Å². The molecule has 0 heterocycles. The monoisotopic (exact) mass is 327 g/mol. The van der Waals surface area contributed by atoms with Gasteiger partial charge in [0.25, 0.3) is 0 Å². The fourth-order valence-corrected chi connectivity index (χ4v) is 3.30. The summed E-state index contributed by atoms with van der Waals surface area (Å²) in [6, 6.07) is 8.97. The Labute approximate surface area is 123 Å². The topological polar surface area (TPSA) is 30.5 Å². The number of rotatable bonds is 6. The Balaban J connectivity index is 1.93. The van der Waals surface area contributed by atoms with E-state index in [9.17, 15) is 0 Å². The van der Waals surface area contributed by atoms with E-state index in [4.69, 9.17) is 9.47 Å². The van der Waals surface area contributed by atoms with Crippen LogP contribution in [0.1, 0.15) is 31.9 Å². The molecule has 1 aliphatic carbocycles. The average molecular weight is 328 g/mol. The van der Waals surface area contributed by atoms with Gasteiger partial charge < -0.3 is 14.8 Å². The standard InChI is InChI=1S/C15H22BrNO2/c1-4-19-14-9-13(15(14)18-3)17-10(2)11-7-5-6-8-12(11)16/h5-8,10,13-15,17H,4,9H2,1-3H3/t10-,13?,14?,15?/m1/s1. The summed E-state index contributed by atoms with van der Waals surface area (Å²) in [5.74, 6) is 0. The van der Waals surface area contributed by atoms with Gasteiger partial charge in [0.15, 0.2) is 0 Å². The summed E-state index contributed by atoms with van der Waals surface area (Å²) in [4.78, 5) is 0. The van der Waals surface area contributed by atoms with Crippen LogP contribution in [0.5, 0.6) is 0 Å². The first-order valence-corrected chi connectivity index (χ1v) is 7.61. The summed E-state index contributed by atoms with van der Waals surface area (Å²) in [5.41, 5.74) is 1.28. The van der Waals surface area contributed by atoms with Gasteiger partial charge in [0.05, 0.1) is 12.2 Å². The van der Waals surface area contributed by atoms with Crippen LogP contribution >= 0.6 is 15.9 Å². The van der Waals surface area contributed by atoms with E-state index in [0.717, 1.165) is 17.5 Å². The minimum atomic E-state index is 0.157. The molecule has 106 valence electrons. The molecule has 1 aromatic carbocycles. The highest BCUT2D eigenvalue weighted by Crippen LogP contribution is 2.30. The van der Waals surface area contributed by atoms with Crippen LogP contribution in [0.25, 0.3) is 0 Å². The van der Waals surface area contributed by atoms with Crippen LogP contribution in [-0.4, -0.2) is 32.0 Å². The highest BCUT2D eigenvalue weighted by Gasteiger charge is 2.42. The van der Waals surface area contributed by atoms with E-state index in [1.54, 1.807) is 7.11 Å². The van der Waals surface area contributed by atoms with Gasteiger partial charge >= 0.3 is 0 Å². The molecule has 1 aromatic rings. The second-order valence-electron chi connectivity index (χ2n) is 4.95. The number of nitrogens with one attached hydrogen (secondary N) is 1. The molecule has 1 fully saturated rings. The number of halogens is 1. The largest absolute Gasteiger partial charge is 0.377 e. The lowest BCUT2D eigenvalue weighted by atomic mass is 9.84. The van der Waals surface area contributed by atoms with Gasteiger partial charge in [-0.1, -0.05) is 34.1 Å². The Morgan fingerprint density at radius 2 is 2.16 bits per heavy atom. The molecule has 3 nitrogen and oxygen atoms in total. The molecular weight excluding hydrogens is 306 g/mol. The zero-order valence-corrected chi connectivity index (χ0v) is 13.3. The molecule has 2 rings (SSSR count). The van der Waals surface area contributed by atoms with Crippen LogP contribution in [0.15, 0.2) is 28.7 Å². The predicted octanol–water partition coefficient (Wildman–Crippen LogP) is 3.29. The summed E-state index contributed by atoms with van der Waals surface area (Å²) < 4.78 is 12.3. The number of benzene rings is 1. The quantitative estimate of drug-likeness (QED) is 0.869. The molecule has 19 heavy (non-hydrogen) atoms. The Hall–Kier alpha value is -0.420. The molecule has 0 aliphatic heterocycles. The highest BCUT2D eigenvalue weighted by atomic mass is 79.9. The number of ether oxygens (including phenoxy) is 2. The Morgan fingerprint density at radius 3 is 2.79 bits per heavy atom. The van der Waals surface area contributed by atoms with Gasteiger partial charge in [0.2, 0.25) is 0 Å². The zero-order valence-electron chi connectivity index (χ0n) is 11.7. The van der Waals surface area contributed by atoms with Crippen LogP contribution in [0.3, 0.4) is 0 Å². The maximum Gasteiger partial charge on any atom is 0.0987 e. The van der Waals surface area contributed by atoms with Crippen molar-refractivity contribution in [1.29, 1.82) is 0 Å². The summed E-state index contributed by atoms with van der Waals surface area (Å²) in [6.45, 7) is 4.95. The second-order valence-corrected chi connectivity index (χ2v) is 5.80. The normalized spacial score (nSPS) is 27.9. The number of methoxy groups -OCH3 is 1. The summed E-state index contributed by atoms with van der Waals surface area (Å²) >= 11 is 3.60. The Morgan fingerprint density at radius 1 is 1.42 bits per heavy atom. The van der Waals surface area contributed by atoms with Crippen molar-refractivity contribution in [3.63, 3.8) is 0 Å². The molecule has 3 unspecified atom stereocenters. The molecular formula is C15H22BrNO2. The second kappa shape index (κ2) is 6.84. The van der Waals surface area contributed by atoms with E-state index >= 15 is 0 Å². The molecule has 1 saturated carbocycles. The van der Waals surface area contributed by atoms with Gasteiger partial charge in [-0.2, -0.15) is 0 Å². The Bertz CT molecular complexity index is 413. The zero-order chi connectivity index (χ0) is 13.8. The van der Waals surface area contributed by atoms with Gasteiger partial charge in [-0.25, -0.2) is 0 Å². The lowest BCUT2D eigenvalue weighted by molar-refractivity contribution is -0.133. The van der Waals surface area contributed by atoms with Crippen molar-refractivity contribution in [3.05, 3.63) is 34.3 Å². The van der Waals surface area contributed by atoms with Crippen molar-refractivity contribution in [2.24, 2.45) is 0 Å². The fraction of sp³-hybridized carbons (Fsp3) is 0.600. The highest BCUT2D eigenvalue weighted by molar-refractivity contribution is 9.10. The van der Waals surface area contributed by atoms with E-state index in [0.29, 0.717) is 12.1 Å². The first kappa shape index (κ1) is 15.0. The van der Waals surface area contributed by atoms with E-state index in [-0.39, 0.29) is 12.2 Å². The van der Waals surface area contributed by atoms with Crippen LogP contribution in [0.4, 0.5) is 0 Å². The van der Waals surface area contributed by atoms with Crippen LogP contribution in [-0.2, 0) is 9.47 Å². The first-order valence-electron chi connectivity index (χ1n) is 6.82. The molecule has 0 spiro atoms. The van der Waals surface area contributed by atoms with E-state index < -0.39 is 0 Å². The number of hydrogen-bond acceptors (Lipinski definition) is 3. The minimum Gasteiger partial charge on any atom is -0.377 e. The summed E-state index contributed by atoms with van der Waals surface area (Å²) in [5, 5.41) is 3.63. The van der Waals surface area contributed by atoms with Gasteiger partial charge in [-0.15, -0.1) is 0 Å². The van der Waals surface area contributed by atoms with Crippen LogP contribution in [0, 0.1) is 0 Å². The Kier molecular flexibility index (Phi) is 5.39. The molecule has 4 heteroatoms. The van der Waals surface area contributed by atoms with E-state index in [1.165, 1.54) is 5.56 Å². The van der Waals surface area contributed by atoms with Crippen molar-refractivity contribution < 1.29 is 9.47 Å². The molecule has 4 atom stereocenters. The lowest BCUT2D eigenvalue weighted by Crippen LogP contribution is -2.60. The maximum absolute atomic E-state index is 5.65. The minimum absolute atomic E-state index is 0.157. The van der Waals surface area contributed by atoms with Crippen molar-refractivity contribution in [2.45, 2.75) is 44.6 Å². The van der Waals surface area contributed by atoms with Crippen molar-refractivity contribution >= 4 is 15.9 Å². The number of hydrogen-bond donors (Lipinski definition) is 1. The fourth-order valence-electron chi connectivity index (χ4n) is 2.67.